The molecular weight excluding hydrogens is 330 g/mol. The van der Waals surface area contributed by atoms with E-state index in [1.165, 1.54) is 0 Å². The van der Waals surface area contributed by atoms with Gasteiger partial charge >= 0.3 is 0 Å². The Morgan fingerprint density at radius 3 is 2.38 bits per heavy atom. The number of hydrogen-bond acceptors (Lipinski definition) is 3. The van der Waals surface area contributed by atoms with Crippen LogP contribution >= 0.6 is 15.9 Å². The summed E-state index contributed by atoms with van der Waals surface area (Å²) >= 11 is 3.52. The molecule has 4 heteroatoms. The molecule has 0 saturated heterocycles. The van der Waals surface area contributed by atoms with E-state index < -0.39 is 0 Å². The third-order valence-corrected chi connectivity index (χ3v) is 3.73. The molecular formula is C17H20BrNO2. The highest BCUT2D eigenvalue weighted by molar-refractivity contribution is 9.10. The average molecular weight is 350 g/mol. The number of hydrogen-bond donors (Lipinski definition) is 1. The minimum atomic E-state index is 0.223. The minimum absolute atomic E-state index is 0.223. The van der Waals surface area contributed by atoms with Crippen LogP contribution in [0.4, 0.5) is 0 Å². The molecule has 0 aromatic heterocycles. The van der Waals surface area contributed by atoms with Crippen LogP contribution in [0, 0.1) is 0 Å². The summed E-state index contributed by atoms with van der Waals surface area (Å²) < 4.78 is 12.2. The van der Waals surface area contributed by atoms with Gasteiger partial charge in [-0.1, -0.05) is 22.9 Å². The van der Waals surface area contributed by atoms with Crippen LogP contribution in [0.3, 0.4) is 0 Å². The van der Waals surface area contributed by atoms with Crippen LogP contribution in [0.15, 0.2) is 46.9 Å². The van der Waals surface area contributed by atoms with Crippen LogP contribution < -0.4 is 14.8 Å². The molecule has 0 heterocycles. The van der Waals surface area contributed by atoms with Crippen LogP contribution in [0.25, 0.3) is 0 Å². The van der Waals surface area contributed by atoms with E-state index in [-0.39, 0.29) is 6.04 Å². The zero-order valence-corrected chi connectivity index (χ0v) is 14.1. The third kappa shape index (κ3) is 4.22. The van der Waals surface area contributed by atoms with Gasteiger partial charge in [-0.25, -0.2) is 0 Å². The van der Waals surface area contributed by atoms with Gasteiger partial charge in [0.2, 0.25) is 0 Å². The fraction of sp³-hybridized carbons (Fsp3) is 0.294. The van der Waals surface area contributed by atoms with Gasteiger partial charge in [0.05, 0.1) is 7.11 Å². The Kier molecular flexibility index (Phi) is 5.65. The van der Waals surface area contributed by atoms with Gasteiger partial charge in [-0.3, -0.25) is 0 Å². The smallest absolute Gasteiger partial charge is 0.132 e. The molecule has 0 amide bonds. The van der Waals surface area contributed by atoms with Gasteiger partial charge in [-0.2, -0.15) is 0 Å². The zero-order valence-electron chi connectivity index (χ0n) is 12.5. The predicted octanol–water partition coefficient (Wildman–Crippen LogP) is 4.92. The molecule has 0 bridgehead atoms. The van der Waals surface area contributed by atoms with Crippen molar-refractivity contribution in [2.45, 2.75) is 19.9 Å². The fourth-order valence-electron chi connectivity index (χ4n) is 2.14. The average Bonchev–Trinajstić information content (AvgIpc) is 2.50. The molecule has 0 spiro atoms. The van der Waals surface area contributed by atoms with Crippen molar-refractivity contribution in [2.24, 2.45) is 0 Å². The minimum Gasteiger partial charge on any atom is -0.497 e. The lowest BCUT2D eigenvalue weighted by atomic mass is 10.1. The molecule has 2 rings (SSSR count). The molecule has 0 aliphatic rings. The maximum absolute atomic E-state index is 6.02. The Labute approximate surface area is 134 Å². The van der Waals surface area contributed by atoms with Gasteiger partial charge in [-0.15, -0.1) is 0 Å². The standard InChI is InChI=1S/C17H20BrNO2/c1-4-19-12(2)16-11-13(18)5-10-17(16)21-15-8-6-14(20-3)7-9-15/h5-12,19H,4H2,1-3H3. The van der Waals surface area contributed by atoms with Crippen molar-refractivity contribution < 1.29 is 9.47 Å². The van der Waals surface area contributed by atoms with Gasteiger partial charge in [0.15, 0.2) is 0 Å². The topological polar surface area (TPSA) is 30.5 Å². The van der Waals surface area contributed by atoms with Crippen molar-refractivity contribution >= 4 is 15.9 Å². The van der Waals surface area contributed by atoms with E-state index in [1.807, 2.05) is 36.4 Å². The maximum atomic E-state index is 6.02. The Morgan fingerprint density at radius 2 is 1.76 bits per heavy atom. The van der Waals surface area contributed by atoms with E-state index >= 15 is 0 Å². The number of ether oxygens (including phenoxy) is 2. The number of nitrogens with one attached hydrogen (secondary N) is 1. The lowest BCUT2D eigenvalue weighted by Crippen LogP contribution is -2.18. The first-order valence-corrected chi connectivity index (χ1v) is 7.78. The van der Waals surface area contributed by atoms with Crippen molar-refractivity contribution in [3.05, 3.63) is 52.5 Å². The van der Waals surface area contributed by atoms with E-state index in [1.54, 1.807) is 7.11 Å². The Morgan fingerprint density at radius 1 is 1.10 bits per heavy atom. The fourth-order valence-corrected chi connectivity index (χ4v) is 2.52. The SMILES string of the molecule is CCNC(C)c1cc(Br)ccc1Oc1ccc(OC)cc1. The molecule has 112 valence electrons. The molecule has 21 heavy (non-hydrogen) atoms. The molecule has 1 atom stereocenters. The summed E-state index contributed by atoms with van der Waals surface area (Å²) in [6.45, 7) is 5.14. The summed E-state index contributed by atoms with van der Waals surface area (Å²) in [6.07, 6.45) is 0. The van der Waals surface area contributed by atoms with Crippen LogP contribution in [0.2, 0.25) is 0 Å². The summed E-state index contributed by atoms with van der Waals surface area (Å²) in [5.74, 6) is 2.47. The Bertz CT molecular complexity index is 584. The first kappa shape index (κ1) is 15.9. The molecule has 0 aliphatic heterocycles. The van der Waals surface area contributed by atoms with E-state index in [4.69, 9.17) is 9.47 Å². The van der Waals surface area contributed by atoms with Gasteiger partial charge in [0.1, 0.15) is 17.2 Å². The molecule has 1 unspecified atom stereocenters. The summed E-state index contributed by atoms with van der Waals surface area (Å²) in [5.41, 5.74) is 1.13. The Hall–Kier alpha value is -1.52. The molecule has 2 aromatic carbocycles. The highest BCUT2D eigenvalue weighted by Gasteiger charge is 2.12. The molecule has 0 fully saturated rings. The van der Waals surface area contributed by atoms with E-state index in [2.05, 4.69) is 41.2 Å². The Balaban J connectivity index is 2.25. The number of rotatable bonds is 6. The lowest BCUT2D eigenvalue weighted by molar-refractivity contribution is 0.412. The zero-order chi connectivity index (χ0) is 15.2. The summed E-state index contributed by atoms with van der Waals surface area (Å²) in [7, 11) is 1.65. The molecule has 0 saturated carbocycles. The largest absolute Gasteiger partial charge is 0.497 e. The molecule has 0 radical (unpaired) electrons. The highest BCUT2D eigenvalue weighted by atomic mass is 79.9. The first-order chi connectivity index (χ1) is 10.1. The molecule has 0 aliphatic carbocycles. The molecule has 1 N–H and O–H groups in total. The van der Waals surface area contributed by atoms with Crippen LogP contribution in [0.1, 0.15) is 25.5 Å². The summed E-state index contributed by atoms with van der Waals surface area (Å²) in [4.78, 5) is 0. The third-order valence-electron chi connectivity index (χ3n) is 3.24. The molecule has 3 nitrogen and oxygen atoms in total. The monoisotopic (exact) mass is 349 g/mol. The number of methoxy groups -OCH3 is 1. The van der Waals surface area contributed by atoms with Gasteiger partial charge in [0, 0.05) is 16.1 Å². The second kappa shape index (κ2) is 7.48. The van der Waals surface area contributed by atoms with E-state index in [9.17, 15) is 0 Å². The van der Waals surface area contributed by atoms with Gasteiger partial charge in [-0.05, 0) is 55.9 Å². The van der Waals surface area contributed by atoms with Crippen molar-refractivity contribution in [3.8, 4) is 17.2 Å². The van der Waals surface area contributed by atoms with Crippen LogP contribution in [-0.4, -0.2) is 13.7 Å². The van der Waals surface area contributed by atoms with Crippen molar-refractivity contribution in [2.75, 3.05) is 13.7 Å². The van der Waals surface area contributed by atoms with E-state index in [0.29, 0.717) is 0 Å². The predicted molar refractivity (Wildman–Crippen MR) is 89.3 cm³/mol. The van der Waals surface area contributed by atoms with Gasteiger partial charge < -0.3 is 14.8 Å². The lowest BCUT2D eigenvalue weighted by Gasteiger charge is -2.18. The van der Waals surface area contributed by atoms with Crippen molar-refractivity contribution in [3.63, 3.8) is 0 Å². The number of benzene rings is 2. The summed E-state index contributed by atoms with van der Waals surface area (Å²) in [5, 5.41) is 3.41. The van der Waals surface area contributed by atoms with Gasteiger partial charge in [0.25, 0.3) is 0 Å². The normalized spacial score (nSPS) is 12.0. The maximum Gasteiger partial charge on any atom is 0.132 e. The number of halogens is 1. The van der Waals surface area contributed by atoms with E-state index in [0.717, 1.165) is 33.8 Å². The second-order valence-corrected chi connectivity index (χ2v) is 5.65. The van der Waals surface area contributed by atoms with Crippen molar-refractivity contribution in [1.82, 2.24) is 5.32 Å². The summed E-state index contributed by atoms with van der Waals surface area (Å²) in [6, 6.07) is 13.9. The highest BCUT2D eigenvalue weighted by Crippen LogP contribution is 2.32. The van der Waals surface area contributed by atoms with Crippen LogP contribution in [0.5, 0.6) is 17.2 Å². The van der Waals surface area contributed by atoms with Crippen molar-refractivity contribution in [1.29, 1.82) is 0 Å². The molecule has 2 aromatic rings. The first-order valence-electron chi connectivity index (χ1n) is 6.98. The quantitative estimate of drug-likeness (QED) is 0.802. The van der Waals surface area contributed by atoms with Crippen LogP contribution in [-0.2, 0) is 0 Å². The second-order valence-electron chi connectivity index (χ2n) is 4.74.